The van der Waals surface area contributed by atoms with Crippen LogP contribution < -0.4 is 0 Å². The van der Waals surface area contributed by atoms with E-state index in [1.54, 1.807) is 12.5 Å². The molecule has 0 heterocycles. The molecule has 1 aliphatic rings. The van der Waals surface area contributed by atoms with E-state index in [0.29, 0.717) is 0 Å². The van der Waals surface area contributed by atoms with Crippen LogP contribution in [0.1, 0.15) is 52.4 Å². The fraction of sp³-hybridized carbons (Fsp3) is 0.750. The normalized spacial score (nSPS) is 24.8. The highest BCUT2D eigenvalue weighted by molar-refractivity contribution is 4.74. The van der Waals surface area contributed by atoms with Gasteiger partial charge in [0.25, 0.3) is 0 Å². The Hall–Kier alpha value is -0.920. The zero-order valence-electron chi connectivity index (χ0n) is 11.9. The van der Waals surface area contributed by atoms with Crippen LogP contribution in [0, 0.1) is 11.8 Å². The molecule has 1 aliphatic carbocycles. The van der Waals surface area contributed by atoms with Gasteiger partial charge in [0, 0.05) is 0 Å². The molecule has 0 aliphatic heterocycles. The summed E-state index contributed by atoms with van der Waals surface area (Å²) in [5.74, 6) is 1.71. The lowest BCUT2D eigenvalue weighted by atomic mass is 9.79. The second kappa shape index (κ2) is 10.0. The molecule has 2 nitrogen and oxygen atoms in total. The van der Waals surface area contributed by atoms with Gasteiger partial charge in [0.05, 0.1) is 25.7 Å². The average Bonchev–Trinajstić information content (AvgIpc) is 2.40. The van der Waals surface area contributed by atoms with Crippen LogP contribution in [-0.4, -0.2) is 13.2 Å². The van der Waals surface area contributed by atoms with Crippen molar-refractivity contribution in [2.24, 2.45) is 11.8 Å². The molecule has 104 valence electrons. The second-order valence-electron chi connectivity index (χ2n) is 5.16. The summed E-state index contributed by atoms with van der Waals surface area (Å²) in [5, 5.41) is 0. The van der Waals surface area contributed by atoms with Crippen molar-refractivity contribution in [3.05, 3.63) is 24.7 Å². The largest absolute Gasteiger partial charge is 0.502 e. The van der Waals surface area contributed by atoms with Crippen molar-refractivity contribution in [3.63, 3.8) is 0 Å². The van der Waals surface area contributed by atoms with Crippen LogP contribution in [0.2, 0.25) is 0 Å². The monoisotopic (exact) mass is 252 g/mol. The third-order valence-electron chi connectivity index (χ3n) is 3.64. The average molecular weight is 252 g/mol. The molecule has 1 rings (SSSR count). The molecule has 0 aromatic heterocycles. The predicted octanol–water partition coefficient (Wildman–Crippen LogP) is 4.67. The Bertz CT molecular complexity index is 221. The molecule has 0 aromatic rings. The first kappa shape index (κ1) is 15.1. The van der Waals surface area contributed by atoms with E-state index < -0.39 is 0 Å². The van der Waals surface area contributed by atoms with Crippen LogP contribution in [0.25, 0.3) is 0 Å². The maximum absolute atomic E-state index is 5.42. The molecular weight excluding hydrogens is 224 g/mol. The number of rotatable bonds is 8. The standard InChI is InChI=1S/C16H28O2/c1-3-10-17-12-8-15-6-5-7-16(14-15)9-13-18-11-4-2/h3-4,10-11,15-16H,5-9,12-14H2,1-2H3. The molecule has 0 amide bonds. The van der Waals surface area contributed by atoms with Gasteiger partial charge in [-0.25, -0.2) is 0 Å². The molecule has 2 unspecified atom stereocenters. The summed E-state index contributed by atoms with van der Waals surface area (Å²) in [4.78, 5) is 0. The zero-order chi connectivity index (χ0) is 13.1. The van der Waals surface area contributed by atoms with Crippen LogP contribution in [-0.2, 0) is 9.47 Å². The summed E-state index contributed by atoms with van der Waals surface area (Å²) < 4.78 is 10.8. The van der Waals surface area contributed by atoms with Crippen LogP contribution in [0.5, 0.6) is 0 Å². The van der Waals surface area contributed by atoms with Crippen molar-refractivity contribution in [3.8, 4) is 0 Å². The zero-order valence-corrected chi connectivity index (χ0v) is 11.9. The second-order valence-corrected chi connectivity index (χ2v) is 5.16. The van der Waals surface area contributed by atoms with Crippen LogP contribution in [0.4, 0.5) is 0 Å². The maximum Gasteiger partial charge on any atom is 0.0875 e. The lowest BCUT2D eigenvalue weighted by molar-refractivity contribution is 0.157. The van der Waals surface area contributed by atoms with Gasteiger partial charge in [0.15, 0.2) is 0 Å². The van der Waals surface area contributed by atoms with Crippen molar-refractivity contribution >= 4 is 0 Å². The van der Waals surface area contributed by atoms with Gasteiger partial charge in [0.1, 0.15) is 0 Å². The summed E-state index contributed by atoms with van der Waals surface area (Å²) in [6.45, 7) is 5.72. The van der Waals surface area contributed by atoms with E-state index in [4.69, 9.17) is 9.47 Å². The van der Waals surface area contributed by atoms with Gasteiger partial charge in [-0.2, -0.15) is 0 Å². The van der Waals surface area contributed by atoms with Crippen LogP contribution in [0.3, 0.4) is 0 Å². The van der Waals surface area contributed by atoms with E-state index in [1.807, 2.05) is 26.0 Å². The molecule has 0 N–H and O–H groups in total. The summed E-state index contributed by atoms with van der Waals surface area (Å²) in [6, 6.07) is 0. The molecule has 1 fully saturated rings. The Balaban J connectivity index is 2.11. The molecule has 0 aromatic carbocycles. The van der Waals surface area contributed by atoms with Crippen LogP contribution >= 0.6 is 0 Å². The number of allylic oxidation sites excluding steroid dienone is 2. The Morgan fingerprint density at radius 1 is 0.889 bits per heavy atom. The van der Waals surface area contributed by atoms with Gasteiger partial charge in [-0.05, 0) is 44.9 Å². The van der Waals surface area contributed by atoms with Crippen molar-refractivity contribution in [1.82, 2.24) is 0 Å². The highest BCUT2D eigenvalue weighted by Gasteiger charge is 2.21. The minimum absolute atomic E-state index is 0.857. The van der Waals surface area contributed by atoms with Gasteiger partial charge in [-0.15, -0.1) is 0 Å². The third kappa shape index (κ3) is 6.73. The summed E-state index contributed by atoms with van der Waals surface area (Å²) in [5.41, 5.74) is 0. The third-order valence-corrected chi connectivity index (χ3v) is 3.64. The van der Waals surface area contributed by atoms with E-state index in [2.05, 4.69) is 0 Å². The summed E-state index contributed by atoms with van der Waals surface area (Å²) in [7, 11) is 0. The fourth-order valence-electron chi connectivity index (χ4n) is 2.72. The van der Waals surface area contributed by atoms with E-state index in [1.165, 1.54) is 38.5 Å². The fourth-order valence-corrected chi connectivity index (χ4v) is 2.72. The number of hydrogen-bond donors (Lipinski definition) is 0. The molecule has 18 heavy (non-hydrogen) atoms. The van der Waals surface area contributed by atoms with Gasteiger partial charge >= 0.3 is 0 Å². The Morgan fingerprint density at radius 3 is 1.83 bits per heavy atom. The highest BCUT2D eigenvalue weighted by atomic mass is 16.5. The van der Waals surface area contributed by atoms with E-state index in [-0.39, 0.29) is 0 Å². The molecule has 2 heteroatoms. The van der Waals surface area contributed by atoms with Gasteiger partial charge in [-0.1, -0.05) is 31.4 Å². The van der Waals surface area contributed by atoms with Crippen molar-refractivity contribution in [2.75, 3.05) is 13.2 Å². The summed E-state index contributed by atoms with van der Waals surface area (Å²) in [6.07, 6.45) is 15.4. The Morgan fingerprint density at radius 2 is 1.39 bits per heavy atom. The van der Waals surface area contributed by atoms with E-state index in [9.17, 15) is 0 Å². The van der Waals surface area contributed by atoms with Crippen molar-refractivity contribution in [2.45, 2.75) is 52.4 Å². The first-order valence-corrected chi connectivity index (χ1v) is 7.32. The number of hydrogen-bond acceptors (Lipinski definition) is 2. The minimum atomic E-state index is 0.857. The molecule has 2 atom stereocenters. The predicted molar refractivity (Wildman–Crippen MR) is 76.2 cm³/mol. The van der Waals surface area contributed by atoms with Crippen molar-refractivity contribution in [1.29, 1.82) is 0 Å². The van der Waals surface area contributed by atoms with Gasteiger partial charge < -0.3 is 9.47 Å². The number of ether oxygens (including phenoxy) is 2. The first-order valence-electron chi connectivity index (χ1n) is 7.32. The van der Waals surface area contributed by atoms with Gasteiger partial charge in [-0.3, -0.25) is 0 Å². The molecule has 0 bridgehead atoms. The minimum Gasteiger partial charge on any atom is -0.502 e. The molecular formula is C16H28O2. The molecule has 0 spiro atoms. The Labute approximate surface area is 112 Å². The SMILES string of the molecule is CC=COCCC1CCCC(CCOC=CC)C1. The summed E-state index contributed by atoms with van der Waals surface area (Å²) >= 11 is 0. The van der Waals surface area contributed by atoms with E-state index in [0.717, 1.165) is 25.0 Å². The lowest BCUT2D eigenvalue weighted by Crippen LogP contribution is -2.18. The molecule has 0 radical (unpaired) electrons. The smallest absolute Gasteiger partial charge is 0.0875 e. The van der Waals surface area contributed by atoms with Gasteiger partial charge in [0.2, 0.25) is 0 Å². The first-order chi connectivity index (χ1) is 8.86. The van der Waals surface area contributed by atoms with Crippen LogP contribution in [0.15, 0.2) is 24.7 Å². The highest BCUT2D eigenvalue weighted by Crippen LogP contribution is 2.32. The molecule has 1 saturated carbocycles. The van der Waals surface area contributed by atoms with Crippen molar-refractivity contribution < 1.29 is 9.47 Å². The topological polar surface area (TPSA) is 18.5 Å². The van der Waals surface area contributed by atoms with E-state index >= 15 is 0 Å². The Kier molecular flexibility index (Phi) is 8.45. The lowest BCUT2D eigenvalue weighted by Gasteiger charge is -2.28. The quantitative estimate of drug-likeness (QED) is 0.461. The molecule has 0 saturated heterocycles. The maximum atomic E-state index is 5.42.